The summed E-state index contributed by atoms with van der Waals surface area (Å²) in [6.07, 6.45) is 10.5. The lowest BCUT2D eigenvalue weighted by Crippen LogP contribution is -2.26. The van der Waals surface area contributed by atoms with E-state index in [1.54, 1.807) is 0 Å². The molecule has 2 heterocycles. The van der Waals surface area contributed by atoms with Crippen molar-refractivity contribution in [1.29, 1.82) is 0 Å². The number of nitrogens with zero attached hydrogens (tertiary/aromatic N) is 2. The molecule has 0 bridgehead atoms. The number of alkyl halides is 1. The van der Waals surface area contributed by atoms with E-state index in [2.05, 4.69) is 33.8 Å². The number of rotatable bonds is 3. The van der Waals surface area contributed by atoms with Gasteiger partial charge in [-0.3, -0.25) is 0 Å². The minimum absolute atomic E-state index is 0.212. The molecular formula is C19H23FN2. The minimum atomic E-state index is -0.675. The van der Waals surface area contributed by atoms with E-state index in [9.17, 15) is 4.39 Å². The highest BCUT2D eigenvalue weighted by Crippen LogP contribution is 2.39. The molecule has 1 aromatic carbocycles. The van der Waals surface area contributed by atoms with E-state index in [-0.39, 0.29) is 12.0 Å². The molecule has 2 nitrogen and oxygen atoms in total. The van der Waals surface area contributed by atoms with Gasteiger partial charge in [0.25, 0.3) is 0 Å². The van der Waals surface area contributed by atoms with Gasteiger partial charge in [0.1, 0.15) is 6.17 Å². The maximum Gasteiger partial charge on any atom is 0.105 e. The van der Waals surface area contributed by atoms with Gasteiger partial charge in [0.05, 0.1) is 18.2 Å². The Kier molecular flexibility index (Phi) is 3.73. The molecule has 1 aliphatic carbocycles. The second-order valence-corrected chi connectivity index (χ2v) is 6.85. The number of imidazole rings is 1. The second kappa shape index (κ2) is 5.86. The fraction of sp³-hybridized carbons (Fsp3) is 0.526. The molecule has 116 valence electrons. The first-order valence-electron chi connectivity index (χ1n) is 8.57. The third-order valence-electron chi connectivity index (χ3n) is 5.47. The van der Waals surface area contributed by atoms with Crippen LogP contribution in [0, 0.1) is 5.92 Å². The zero-order chi connectivity index (χ0) is 14.9. The van der Waals surface area contributed by atoms with E-state index < -0.39 is 6.17 Å². The molecule has 3 heteroatoms. The normalized spacial score (nSPS) is 22.9. The Bertz CT molecular complexity index is 642. The van der Waals surface area contributed by atoms with Crippen molar-refractivity contribution in [1.82, 2.24) is 9.55 Å². The molecule has 1 fully saturated rings. The molecule has 0 spiro atoms. The molecule has 22 heavy (non-hydrogen) atoms. The van der Waals surface area contributed by atoms with Crippen LogP contribution in [0.3, 0.4) is 0 Å². The second-order valence-electron chi connectivity index (χ2n) is 6.85. The first kappa shape index (κ1) is 14.0. The van der Waals surface area contributed by atoms with Crippen LogP contribution in [-0.4, -0.2) is 15.7 Å². The molecule has 1 unspecified atom stereocenters. The largest absolute Gasteiger partial charge is 0.327 e. The number of aromatic nitrogens is 2. The molecule has 2 atom stereocenters. The Labute approximate surface area is 131 Å². The van der Waals surface area contributed by atoms with Crippen LogP contribution < -0.4 is 0 Å². The Morgan fingerprint density at radius 3 is 2.86 bits per heavy atom. The summed E-state index contributed by atoms with van der Waals surface area (Å²) in [5.41, 5.74) is 3.73. The van der Waals surface area contributed by atoms with Gasteiger partial charge >= 0.3 is 0 Å². The van der Waals surface area contributed by atoms with Gasteiger partial charge in [0, 0.05) is 11.6 Å². The van der Waals surface area contributed by atoms with Crippen molar-refractivity contribution in [2.24, 2.45) is 5.92 Å². The third-order valence-corrected chi connectivity index (χ3v) is 5.47. The van der Waals surface area contributed by atoms with Crippen molar-refractivity contribution >= 4 is 0 Å². The van der Waals surface area contributed by atoms with Gasteiger partial charge in [-0.15, -0.1) is 0 Å². The molecule has 4 rings (SSSR count). The first-order valence-corrected chi connectivity index (χ1v) is 8.57. The average Bonchev–Trinajstić information content (AvgIpc) is 3.06. The number of hydrogen-bond donors (Lipinski definition) is 0. The summed E-state index contributed by atoms with van der Waals surface area (Å²) < 4.78 is 17.0. The van der Waals surface area contributed by atoms with E-state index >= 15 is 0 Å². The van der Waals surface area contributed by atoms with Crippen LogP contribution in [-0.2, 0) is 6.42 Å². The van der Waals surface area contributed by atoms with Gasteiger partial charge in [-0.1, -0.05) is 43.5 Å². The fourth-order valence-corrected chi connectivity index (χ4v) is 4.25. The van der Waals surface area contributed by atoms with Gasteiger partial charge in [0.2, 0.25) is 0 Å². The van der Waals surface area contributed by atoms with Crippen LogP contribution in [0.2, 0.25) is 0 Å². The van der Waals surface area contributed by atoms with Gasteiger partial charge in [0.15, 0.2) is 0 Å². The van der Waals surface area contributed by atoms with Gasteiger partial charge < -0.3 is 4.57 Å². The highest BCUT2D eigenvalue weighted by molar-refractivity contribution is 5.65. The van der Waals surface area contributed by atoms with Crippen molar-refractivity contribution in [2.45, 2.75) is 57.2 Å². The van der Waals surface area contributed by atoms with Crippen molar-refractivity contribution in [2.75, 3.05) is 0 Å². The van der Waals surface area contributed by atoms with E-state index in [1.165, 1.54) is 30.4 Å². The zero-order valence-electron chi connectivity index (χ0n) is 12.9. The van der Waals surface area contributed by atoms with Crippen LogP contribution in [0.5, 0.6) is 0 Å². The van der Waals surface area contributed by atoms with E-state index in [1.807, 2.05) is 12.5 Å². The highest BCUT2D eigenvalue weighted by atomic mass is 19.1. The number of benzene rings is 1. The Balaban J connectivity index is 1.56. The van der Waals surface area contributed by atoms with Crippen LogP contribution >= 0.6 is 0 Å². The van der Waals surface area contributed by atoms with Crippen LogP contribution in [0.25, 0.3) is 11.3 Å². The monoisotopic (exact) mass is 298 g/mol. The van der Waals surface area contributed by atoms with Crippen LogP contribution in [0.1, 0.15) is 50.1 Å². The van der Waals surface area contributed by atoms with Crippen molar-refractivity contribution in [3.05, 3.63) is 42.4 Å². The summed E-state index contributed by atoms with van der Waals surface area (Å²) >= 11 is 0. The standard InChI is InChI=1S/C19H23FN2/c20-18(14-6-2-1-3-7-14)11-16-10-15-8-4-5-9-17(15)19-12-21-13-22(16)19/h4-5,8-9,12-14,16,18H,1-3,6-7,10-11H2/t16?,18-/m0/s1. The SMILES string of the molecule is F[C@@H](CC1Cc2ccccc2-c2cncn21)C1CCCCC1. The Hall–Kier alpha value is -1.64. The van der Waals surface area contributed by atoms with Crippen LogP contribution in [0.4, 0.5) is 4.39 Å². The Morgan fingerprint density at radius 2 is 2.00 bits per heavy atom. The molecule has 0 saturated heterocycles. The molecular weight excluding hydrogens is 275 g/mol. The summed E-state index contributed by atoms with van der Waals surface area (Å²) in [5, 5.41) is 0. The topological polar surface area (TPSA) is 17.8 Å². The summed E-state index contributed by atoms with van der Waals surface area (Å²) in [4.78, 5) is 4.31. The van der Waals surface area contributed by atoms with Gasteiger partial charge in [-0.25, -0.2) is 9.37 Å². The number of hydrogen-bond acceptors (Lipinski definition) is 1. The summed E-state index contributed by atoms with van der Waals surface area (Å²) in [5.74, 6) is 0.276. The third kappa shape index (κ3) is 2.47. The van der Waals surface area contributed by atoms with Crippen molar-refractivity contribution < 1.29 is 4.39 Å². The summed E-state index contributed by atoms with van der Waals surface area (Å²) in [7, 11) is 0. The minimum Gasteiger partial charge on any atom is -0.327 e. The lowest BCUT2D eigenvalue weighted by Gasteiger charge is -2.32. The first-order chi connectivity index (χ1) is 10.8. The maximum absolute atomic E-state index is 14.8. The Morgan fingerprint density at radius 1 is 1.18 bits per heavy atom. The molecule has 1 aromatic heterocycles. The molecule has 1 saturated carbocycles. The predicted octanol–water partition coefficient (Wildman–Crippen LogP) is 4.96. The lowest BCUT2D eigenvalue weighted by molar-refractivity contribution is 0.150. The fourth-order valence-electron chi connectivity index (χ4n) is 4.25. The van der Waals surface area contributed by atoms with Crippen LogP contribution in [0.15, 0.2) is 36.8 Å². The van der Waals surface area contributed by atoms with Gasteiger partial charge in [-0.2, -0.15) is 0 Å². The average molecular weight is 298 g/mol. The van der Waals surface area contributed by atoms with E-state index in [4.69, 9.17) is 0 Å². The molecule has 2 aromatic rings. The van der Waals surface area contributed by atoms with E-state index in [0.717, 1.165) is 25.0 Å². The quantitative estimate of drug-likeness (QED) is 0.783. The van der Waals surface area contributed by atoms with Gasteiger partial charge in [-0.05, 0) is 37.2 Å². The molecule has 0 N–H and O–H groups in total. The number of halogens is 1. The van der Waals surface area contributed by atoms with E-state index in [0.29, 0.717) is 6.42 Å². The molecule has 1 aliphatic heterocycles. The van der Waals surface area contributed by atoms with Crippen molar-refractivity contribution in [3.8, 4) is 11.3 Å². The molecule has 0 radical (unpaired) electrons. The van der Waals surface area contributed by atoms with Crippen molar-refractivity contribution in [3.63, 3.8) is 0 Å². The summed E-state index contributed by atoms with van der Waals surface area (Å²) in [6.45, 7) is 0. The molecule has 2 aliphatic rings. The smallest absolute Gasteiger partial charge is 0.105 e. The summed E-state index contributed by atoms with van der Waals surface area (Å²) in [6, 6.07) is 8.68. The predicted molar refractivity (Wildman–Crippen MR) is 86.5 cm³/mol. The lowest BCUT2D eigenvalue weighted by atomic mass is 9.82. The number of fused-ring (bicyclic) bond motifs is 3. The molecule has 0 amide bonds. The highest BCUT2D eigenvalue weighted by Gasteiger charge is 2.30. The maximum atomic E-state index is 14.8. The zero-order valence-corrected chi connectivity index (χ0v) is 12.9.